The third-order valence-electron chi connectivity index (χ3n) is 2.13. The van der Waals surface area contributed by atoms with Gasteiger partial charge in [-0.2, -0.15) is 0 Å². The molecule has 11 heavy (non-hydrogen) atoms. The monoisotopic (exact) mass is 232 g/mol. The molecule has 0 radical (unpaired) electrons. The zero-order valence-corrected chi connectivity index (χ0v) is 8.65. The van der Waals surface area contributed by atoms with Crippen molar-refractivity contribution in [1.29, 1.82) is 0 Å². The third kappa shape index (κ3) is 1.62. The van der Waals surface area contributed by atoms with Crippen molar-refractivity contribution in [2.75, 3.05) is 0 Å². The standard InChI is InChI=1S/C7H9BrN2S/c1-4(5-2-3-5)6-9-10-7(8)11-6/h4-5H,2-3H2,1H3. The molecule has 4 heteroatoms. The quantitative estimate of drug-likeness (QED) is 0.784. The molecule has 0 amide bonds. The van der Waals surface area contributed by atoms with E-state index in [4.69, 9.17) is 0 Å². The van der Waals surface area contributed by atoms with E-state index in [2.05, 4.69) is 33.1 Å². The maximum absolute atomic E-state index is 4.10. The van der Waals surface area contributed by atoms with Crippen LogP contribution in [-0.2, 0) is 0 Å². The highest BCUT2D eigenvalue weighted by Crippen LogP contribution is 2.43. The molecule has 2 nitrogen and oxygen atoms in total. The molecule has 1 aliphatic carbocycles. The maximum Gasteiger partial charge on any atom is 0.183 e. The molecule has 0 aliphatic heterocycles. The summed E-state index contributed by atoms with van der Waals surface area (Å²) in [6, 6.07) is 0. The average molecular weight is 233 g/mol. The van der Waals surface area contributed by atoms with Crippen molar-refractivity contribution in [3.8, 4) is 0 Å². The van der Waals surface area contributed by atoms with Crippen molar-refractivity contribution < 1.29 is 0 Å². The van der Waals surface area contributed by atoms with Gasteiger partial charge in [-0.3, -0.25) is 0 Å². The third-order valence-corrected chi connectivity index (χ3v) is 3.69. The Morgan fingerprint density at radius 3 is 2.73 bits per heavy atom. The van der Waals surface area contributed by atoms with Crippen molar-refractivity contribution in [2.24, 2.45) is 5.92 Å². The van der Waals surface area contributed by atoms with Crippen LogP contribution in [0, 0.1) is 5.92 Å². The molecule has 1 saturated carbocycles. The lowest BCUT2D eigenvalue weighted by Gasteiger charge is -2.01. The molecule has 2 rings (SSSR count). The van der Waals surface area contributed by atoms with Gasteiger partial charge < -0.3 is 0 Å². The minimum Gasteiger partial charge on any atom is -0.142 e. The smallest absolute Gasteiger partial charge is 0.142 e. The normalized spacial score (nSPS) is 20.2. The molecular formula is C7H9BrN2S. The van der Waals surface area contributed by atoms with E-state index in [-0.39, 0.29) is 0 Å². The van der Waals surface area contributed by atoms with Crippen LogP contribution in [0.1, 0.15) is 30.7 Å². The maximum atomic E-state index is 4.10. The summed E-state index contributed by atoms with van der Waals surface area (Å²) >= 11 is 4.97. The molecule has 1 atom stereocenters. The van der Waals surface area contributed by atoms with Gasteiger partial charge in [-0.25, -0.2) is 0 Å². The number of nitrogens with zero attached hydrogens (tertiary/aromatic N) is 2. The first-order chi connectivity index (χ1) is 5.27. The predicted octanol–water partition coefficient (Wildman–Crippen LogP) is 2.81. The second-order valence-electron chi connectivity index (χ2n) is 3.02. The SMILES string of the molecule is CC(c1nnc(Br)s1)C1CC1. The summed E-state index contributed by atoms with van der Waals surface area (Å²) in [7, 11) is 0. The lowest BCUT2D eigenvalue weighted by atomic mass is 10.1. The van der Waals surface area contributed by atoms with E-state index in [1.54, 1.807) is 11.3 Å². The number of halogens is 1. The van der Waals surface area contributed by atoms with E-state index in [0.29, 0.717) is 5.92 Å². The summed E-state index contributed by atoms with van der Waals surface area (Å²) in [5.41, 5.74) is 0. The molecule has 0 saturated heterocycles. The lowest BCUT2D eigenvalue weighted by Crippen LogP contribution is -1.93. The lowest BCUT2D eigenvalue weighted by molar-refractivity contribution is 0.651. The first kappa shape index (κ1) is 7.68. The molecule has 1 fully saturated rings. The molecule has 1 unspecified atom stereocenters. The van der Waals surface area contributed by atoms with E-state index >= 15 is 0 Å². The van der Waals surface area contributed by atoms with Gasteiger partial charge in [0.1, 0.15) is 5.01 Å². The Labute approximate surface area is 78.2 Å². The first-order valence-electron chi connectivity index (χ1n) is 3.76. The highest BCUT2D eigenvalue weighted by atomic mass is 79.9. The van der Waals surface area contributed by atoms with Gasteiger partial charge in [0.25, 0.3) is 0 Å². The molecule has 60 valence electrons. The molecule has 0 spiro atoms. The molecule has 0 N–H and O–H groups in total. The fourth-order valence-corrected chi connectivity index (χ4v) is 2.49. The second-order valence-corrected chi connectivity index (χ2v) is 5.30. The van der Waals surface area contributed by atoms with Crippen LogP contribution >= 0.6 is 27.3 Å². The minimum absolute atomic E-state index is 0.624. The van der Waals surface area contributed by atoms with Crippen LogP contribution in [0.25, 0.3) is 0 Å². The van der Waals surface area contributed by atoms with Crippen molar-refractivity contribution >= 4 is 27.3 Å². The largest absolute Gasteiger partial charge is 0.183 e. The fourth-order valence-electron chi connectivity index (χ4n) is 1.20. The molecule has 1 aromatic rings. The Bertz CT molecular complexity index is 257. The van der Waals surface area contributed by atoms with Crippen molar-refractivity contribution in [3.05, 3.63) is 8.92 Å². The summed E-state index contributed by atoms with van der Waals surface area (Å²) in [5, 5.41) is 9.21. The topological polar surface area (TPSA) is 25.8 Å². The van der Waals surface area contributed by atoms with Gasteiger partial charge >= 0.3 is 0 Å². The van der Waals surface area contributed by atoms with Crippen LogP contribution in [0.3, 0.4) is 0 Å². The predicted molar refractivity (Wildman–Crippen MR) is 48.7 cm³/mol. The molecule has 0 aromatic carbocycles. The molecule has 1 aromatic heterocycles. The first-order valence-corrected chi connectivity index (χ1v) is 5.37. The zero-order valence-electron chi connectivity index (χ0n) is 6.25. The van der Waals surface area contributed by atoms with E-state index in [1.807, 2.05) is 0 Å². The van der Waals surface area contributed by atoms with Gasteiger partial charge in [-0.05, 0) is 34.7 Å². The summed E-state index contributed by atoms with van der Waals surface area (Å²) in [6.07, 6.45) is 2.75. The second kappa shape index (κ2) is 2.83. The van der Waals surface area contributed by atoms with Crippen molar-refractivity contribution in [2.45, 2.75) is 25.7 Å². The molecule has 1 aliphatic rings. The van der Waals surface area contributed by atoms with E-state index in [1.165, 1.54) is 17.8 Å². The van der Waals surface area contributed by atoms with Crippen LogP contribution in [0.4, 0.5) is 0 Å². The van der Waals surface area contributed by atoms with Crippen LogP contribution < -0.4 is 0 Å². The van der Waals surface area contributed by atoms with Crippen LogP contribution in [0.15, 0.2) is 3.92 Å². The van der Waals surface area contributed by atoms with Gasteiger partial charge in [-0.15, -0.1) is 10.2 Å². The van der Waals surface area contributed by atoms with Gasteiger partial charge in [0.2, 0.25) is 0 Å². The fraction of sp³-hybridized carbons (Fsp3) is 0.714. The Kier molecular flexibility index (Phi) is 1.97. The van der Waals surface area contributed by atoms with Crippen LogP contribution in [0.5, 0.6) is 0 Å². The minimum atomic E-state index is 0.624. The highest BCUT2D eigenvalue weighted by molar-refractivity contribution is 9.11. The number of aromatic nitrogens is 2. The number of rotatable bonds is 2. The van der Waals surface area contributed by atoms with E-state index < -0.39 is 0 Å². The van der Waals surface area contributed by atoms with Crippen molar-refractivity contribution in [1.82, 2.24) is 10.2 Å². The summed E-state index contributed by atoms with van der Waals surface area (Å²) in [6.45, 7) is 2.24. The van der Waals surface area contributed by atoms with Gasteiger partial charge in [0.05, 0.1) is 0 Å². The summed E-state index contributed by atoms with van der Waals surface area (Å²) in [4.78, 5) is 0. The average Bonchev–Trinajstić information content (AvgIpc) is 2.74. The molecular weight excluding hydrogens is 224 g/mol. The van der Waals surface area contributed by atoms with Gasteiger partial charge in [-0.1, -0.05) is 18.3 Å². The summed E-state index contributed by atoms with van der Waals surface area (Å²) in [5.74, 6) is 1.51. The van der Waals surface area contributed by atoms with Crippen LogP contribution in [0.2, 0.25) is 0 Å². The Morgan fingerprint density at radius 2 is 2.27 bits per heavy atom. The number of hydrogen-bond acceptors (Lipinski definition) is 3. The van der Waals surface area contributed by atoms with E-state index in [9.17, 15) is 0 Å². The van der Waals surface area contributed by atoms with Gasteiger partial charge in [0.15, 0.2) is 3.92 Å². The highest BCUT2D eigenvalue weighted by Gasteiger charge is 2.30. The number of hydrogen-bond donors (Lipinski definition) is 0. The van der Waals surface area contributed by atoms with Crippen molar-refractivity contribution in [3.63, 3.8) is 0 Å². The Morgan fingerprint density at radius 1 is 1.55 bits per heavy atom. The molecule has 1 heterocycles. The summed E-state index contributed by atoms with van der Waals surface area (Å²) < 4.78 is 0.903. The molecule has 0 bridgehead atoms. The van der Waals surface area contributed by atoms with E-state index in [0.717, 1.165) is 9.83 Å². The van der Waals surface area contributed by atoms with Crippen LogP contribution in [-0.4, -0.2) is 10.2 Å². The zero-order chi connectivity index (χ0) is 7.84. The Balaban J connectivity index is 2.14. The Hall–Kier alpha value is 0.0400. The van der Waals surface area contributed by atoms with Gasteiger partial charge in [0, 0.05) is 5.92 Å².